The number of ether oxygens (including phenoxy) is 1. The normalized spacial score (nSPS) is 17.3. The van der Waals surface area contributed by atoms with Crippen LogP contribution in [-0.2, 0) is 11.2 Å². The Labute approximate surface area is 129 Å². The van der Waals surface area contributed by atoms with Gasteiger partial charge in [0.25, 0.3) is 5.91 Å². The van der Waals surface area contributed by atoms with Crippen LogP contribution in [0.1, 0.15) is 53.2 Å². The molecule has 2 aromatic rings. The monoisotopic (exact) mass is 300 g/mol. The lowest BCUT2D eigenvalue weighted by atomic mass is 9.97. The van der Waals surface area contributed by atoms with Gasteiger partial charge in [0.1, 0.15) is 11.9 Å². The number of nitrogens with one attached hydrogen (secondary N) is 1. The molecule has 0 aliphatic carbocycles. The molecule has 1 atom stereocenters. The van der Waals surface area contributed by atoms with Gasteiger partial charge in [-0.1, -0.05) is 43.3 Å². The number of amides is 1. The van der Waals surface area contributed by atoms with Crippen molar-refractivity contribution in [3.05, 3.63) is 52.9 Å². The minimum atomic E-state index is -0.234. The molecule has 1 aromatic heterocycles. The van der Waals surface area contributed by atoms with E-state index >= 15 is 0 Å². The van der Waals surface area contributed by atoms with Crippen LogP contribution in [0.5, 0.6) is 0 Å². The number of nitrogens with zero attached hydrogens (tertiary/aromatic N) is 1. The summed E-state index contributed by atoms with van der Waals surface area (Å²) in [5.41, 5.74) is 2.75. The van der Waals surface area contributed by atoms with E-state index in [0.717, 1.165) is 12.0 Å². The summed E-state index contributed by atoms with van der Waals surface area (Å²) in [6.45, 7) is 5.10. The number of carbonyl (C=O) groups is 1. The second-order valence-electron chi connectivity index (χ2n) is 5.79. The highest BCUT2D eigenvalue weighted by atomic mass is 16.5. The van der Waals surface area contributed by atoms with Gasteiger partial charge in [-0.3, -0.25) is 4.79 Å². The Morgan fingerprint density at radius 1 is 1.41 bits per heavy atom. The van der Waals surface area contributed by atoms with E-state index in [4.69, 9.17) is 9.26 Å². The summed E-state index contributed by atoms with van der Waals surface area (Å²) >= 11 is 0. The fourth-order valence-corrected chi connectivity index (χ4v) is 2.59. The fourth-order valence-electron chi connectivity index (χ4n) is 2.59. The fraction of sp³-hybridized carbons (Fsp3) is 0.412. The lowest BCUT2D eigenvalue weighted by Gasteiger charge is -2.26. The second-order valence-corrected chi connectivity index (χ2v) is 5.79. The smallest absolute Gasteiger partial charge is 0.273 e. The average molecular weight is 300 g/mol. The zero-order valence-electron chi connectivity index (χ0n) is 12.8. The molecule has 0 radical (unpaired) electrons. The van der Waals surface area contributed by atoms with Crippen LogP contribution >= 0.6 is 0 Å². The van der Waals surface area contributed by atoms with E-state index in [2.05, 4.69) is 22.6 Å². The molecule has 1 aromatic carbocycles. The van der Waals surface area contributed by atoms with Crippen molar-refractivity contribution < 1.29 is 14.1 Å². The largest absolute Gasteiger partial charge is 0.371 e. The highest BCUT2D eigenvalue weighted by Crippen LogP contribution is 2.26. The van der Waals surface area contributed by atoms with Gasteiger partial charge in [0.05, 0.1) is 6.61 Å². The van der Waals surface area contributed by atoms with Crippen molar-refractivity contribution in [3.63, 3.8) is 0 Å². The minimum Gasteiger partial charge on any atom is -0.371 e. The lowest BCUT2D eigenvalue weighted by molar-refractivity contribution is 0.0410. The predicted molar refractivity (Wildman–Crippen MR) is 81.8 cm³/mol. The predicted octanol–water partition coefficient (Wildman–Crippen LogP) is 2.84. The average Bonchev–Trinajstić information content (AvgIpc) is 3.03. The van der Waals surface area contributed by atoms with Gasteiger partial charge >= 0.3 is 0 Å². The number of carbonyl (C=O) groups excluding carboxylic acids is 1. The highest BCUT2D eigenvalue weighted by molar-refractivity contribution is 5.92. The third-order valence-corrected chi connectivity index (χ3v) is 3.87. The van der Waals surface area contributed by atoms with Crippen LogP contribution in [-0.4, -0.2) is 24.2 Å². The second kappa shape index (κ2) is 6.32. The van der Waals surface area contributed by atoms with Crippen LogP contribution in [0.4, 0.5) is 0 Å². The van der Waals surface area contributed by atoms with E-state index in [-0.39, 0.29) is 17.9 Å². The zero-order valence-corrected chi connectivity index (χ0v) is 12.8. The molecule has 3 rings (SSSR count). The van der Waals surface area contributed by atoms with E-state index in [0.29, 0.717) is 24.6 Å². The summed E-state index contributed by atoms with van der Waals surface area (Å²) in [5.74, 6) is 0.689. The molecule has 0 saturated heterocycles. The van der Waals surface area contributed by atoms with E-state index in [1.807, 2.05) is 26.0 Å². The molecule has 0 fully saturated rings. The molecule has 0 saturated carbocycles. The number of rotatable bonds is 4. The van der Waals surface area contributed by atoms with E-state index in [1.165, 1.54) is 5.56 Å². The maximum Gasteiger partial charge on any atom is 0.273 e. The molecule has 1 N–H and O–H groups in total. The third-order valence-electron chi connectivity index (χ3n) is 3.87. The molecule has 22 heavy (non-hydrogen) atoms. The third kappa shape index (κ3) is 3.04. The topological polar surface area (TPSA) is 64.4 Å². The maximum atomic E-state index is 12.1. The van der Waals surface area contributed by atoms with Crippen LogP contribution in [0.25, 0.3) is 0 Å². The summed E-state index contributed by atoms with van der Waals surface area (Å²) < 4.78 is 10.9. The molecular weight excluding hydrogens is 280 g/mol. The summed E-state index contributed by atoms with van der Waals surface area (Å²) in [7, 11) is 0. The van der Waals surface area contributed by atoms with Gasteiger partial charge in [0.2, 0.25) is 0 Å². The van der Waals surface area contributed by atoms with Crippen molar-refractivity contribution in [2.75, 3.05) is 13.2 Å². The summed E-state index contributed by atoms with van der Waals surface area (Å²) in [6.07, 6.45) is 0.812. The van der Waals surface area contributed by atoms with Crippen molar-refractivity contribution in [1.82, 2.24) is 10.5 Å². The molecule has 1 unspecified atom stereocenters. The standard InChI is InChI=1S/C17H20N2O3/c1-11(2)15-9-14(19-22-15)17(20)18-10-16-13-6-4-3-5-12(13)7-8-21-16/h3-6,9,11,16H,7-8,10H2,1-2H3,(H,18,20). The van der Waals surface area contributed by atoms with Crippen LogP contribution in [0.15, 0.2) is 34.9 Å². The van der Waals surface area contributed by atoms with Crippen LogP contribution in [0, 0.1) is 0 Å². The summed E-state index contributed by atoms with van der Waals surface area (Å²) in [6, 6.07) is 9.88. The SMILES string of the molecule is CC(C)c1cc(C(=O)NCC2OCCc3ccccc32)no1. The first-order valence-electron chi connectivity index (χ1n) is 7.59. The summed E-state index contributed by atoms with van der Waals surface area (Å²) in [5, 5.41) is 6.69. The highest BCUT2D eigenvalue weighted by Gasteiger charge is 2.22. The molecule has 1 amide bonds. The summed E-state index contributed by atoms with van der Waals surface area (Å²) in [4.78, 5) is 12.1. The molecule has 116 valence electrons. The molecule has 1 aliphatic rings. The number of fused-ring (bicyclic) bond motifs is 1. The number of hydrogen-bond acceptors (Lipinski definition) is 4. The Morgan fingerprint density at radius 3 is 3.00 bits per heavy atom. The Kier molecular flexibility index (Phi) is 4.24. The van der Waals surface area contributed by atoms with E-state index in [9.17, 15) is 4.79 Å². The molecular formula is C17H20N2O3. The quantitative estimate of drug-likeness (QED) is 0.943. The Bertz CT molecular complexity index is 663. The molecule has 0 spiro atoms. The van der Waals surface area contributed by atoms with Crippen molar-refractivity contribution in [3.8, 4) is 0 Å². The maximum absolute atomic E-state index is 12.1. The van der Waals surface area contributed by atoms with Crippen LogP contribution in [0.3, 0.4) is 0 Å². The first kappa shape index (κ1) is 14.8. The number of benzene rings is 1. The first-order chi connectivity index (χ1) is 10.6. The van der Waals surface area contributed by atoms with Gasteiger partial charge in [-0.25, -0.2) is 0 Å². The van der Waals surface area contributed by atoms with Gasteiger partial charge in [0, 0.05) is 18.5 Å². The van der Waals surface area contributed by atoms with Gasteiger partial charge in [-0.15, -0.1) is 0 Å². The Hall–Kier alpha value is -2.14. The van der Waals surface area contributed by atoms with Crippen molar-refractivity contribution in [1.29, 1.82) is 0 Å². The Morgan fingerprint density at radius 2 is 2.23 bits per heavy atom. The van der Waals surface area contributed by atoms with Gasteiger partial charge in [-0.2, -0.15) is 0 Å². The number of aromatic nitrogens is 1. The van der Waals surface area contributed by atoms with E-state index < -0.39 is 0 Å². The van der Waals surface area contributed by atoms with Gasteiger partial charge < -0.3 is 14.6 Å². The molecule has 5 nitrogen and oxygen atoms in total. The molecule has 1 aliphatic heterocycles. The number of hydrogen-bond donors (Lipinski definition) is 1. The molecule has 2 heterocycles. The molecule has 0 bridgehead atoms. The van der Waals surface area contributed by atoms with Crippen LogP contribution in [0.2, 0.25) is 0 Å². The van der Waals surface area contributed by atoms with Gasteiger partial charge in [0.15, 0.2) is 5.69 Å². The molecule has 5 heteroatoms. The lowest BCUT2D eigenvalue weighted by Crippen LogP contribution is -2.32. The van der Waals surface area contributed by atoms with E-state index in [1.54, 1.807) is 6.07 Å². The minimum absolute atomic E-state index is 0.106. The first-order valence-corrected chi connectivity index (χ1v) is 7.59. The van der Waals surface area contributed by atoms with Crippen LogP contribution < -0.4 is 5.32 Å². The Balaban J connectivity index is 1.64. The van der Waals surface area contributed by atoms with Crippen molar-refractivity contribution >= 4 is 5.91 Å². The van der Waals surface area contributed by atoms with Crippen molar-refractivity contribution in [2.45, 2.75) is 32.3 Å². The van der Waals surface area contributed by atoms with Crippen molar-refractivity contribution in [2.24, 2.45) is 0 Å². The van der Waals surface area contributed by atoms with Gasteiger partial charge in [-0.05, 0) is 17.5 Å². The zero-order chi connectivity index (χ0) is 15.5.